The molecule has 14 heavy (non-hydrogen) atoms. The van der Waals surface area contributed by atoms with E-state index >= 15 is 0 Å². The summed E-state index contributed by atoms with van der Waals surface area (Å²) in [5.41, 5.74) is 5.83. The quantitative estimate of drug-likeness (QED) is 0.622. The highest BCUT2D eigenvalue weighted by Gasteiger charge is 2.20. The molecule has 5 nitrogen and oxygen atoms in total. The molecule has 0 aliphatic rings. The molecule has 4 N–H and O–H groups in total. The molecule has 0 amide bonds. The number of hydrogen-bond donors (Lipinski definition) is 3. The van der Waals surface area contributed by atoms with Crippen molar-refractivity contribution in [2.75, 3.05) is 5.73 Å². The lowest BCUT2D eigenvalue weighted by Gasteiger charge is -2.12. The molecule has 5 heteroatoms. The van der Waals surface area contributed by atoms with Gasteiger partial charge in [0.25, 0.3) is 0 Å². The van der Waals surface area contributed by atoms with Gasteiger partial charge in [-0.05, 0) is 26.0 Å². The van der Waals surface area contributed by atoms with Crippen LogP contribution in [0, 0.1) is 0 Å². The zero-order valence-corrected chi connectivity index (χ0v) is 8.07. The first kappa shape index (κ1) is 8.96. The van der Waals surface area contributed by atoms with Gasteiger partial charge < -0.3 is 15.8 Å². The van der Waals surface area contributed by atoms with Crippen molar-refractivity contribution in [2.24, 2.45) is 0 Å². The number of nitrogen functional groups attached to an aromatic ring is 1. The Morgan fingerprint density at radius 3 is 2.71 bits per heavy atom. The van der Waals surface area contributed by atoms with E-state index in [2.05, 4.69) is 15.0 Å². The summed E-state index contributed by atoms with van der Waals surface area (Å²) in [5, 5.41) is 9.71. The van der Waals surface area contributed by atoms with E-state index in [1.807, 2.05) is 0 Å². The monoisotopic (exact) mass is 192 g/mol. The van der Waals surface area contributed by atoms with Crippen LogP contribution < -0.4 is 5.73 Å². The minimum absolute atomic E-state index is 0.422. The third-order valence-electron chi connectivity index (χ3n) is 1.95. The van der Waals surface area contributed by atoms with Crippen LogP contribution in [-0.4, -0.2) is 20.1 Å². The molecule has 0 spiro atoms. The molecule has 0 bridgehead atoms. The maximum atomic E-state index is 9.71. The van der Waals surface area contributed by atoms with E-state index in [4.69, 9.17) is 5.73 Å². The highest BCUT2D eigenvalue weighted by molar-refractivity contribution is 5.72. The molecule has 2 rings (SSSR count). The second-order valence-electron chi connectivity index (χ2n) is 3.75. The van der Waals surface area contributed by atoms with Crippen molar-refractivity contribution < 1.29 is 5.11 Å². The summed E-state index contributed by atoms with van der Waals surface area (Å²) >= 11 is 0. The molecule has 0 aromatic carbocycles. The van der Waals surface area contributed by atoms with Crippen LogP contribution in [0.25, 0.3) is 11.2 Å². The number of hydrogen-bond acceptors (Lipinski definition) is 4. The lowest BCUT2D eigenvalue weighted by atomic mass is 10.1. The van der Waals surface area contributed by atoms with Crippen LogP contribution >= 0.6 is 0 Å². The van der Waals surface area contributed by atoms with E-state index in [0.29, 0.717) is 17.3 Å². The Bertz CT molecular complexity index is 469. The molecule has 74 valence electrons. The number of H-pyrrole nitrogens is 1. The second-order valence-corrected chi connectivity index (χ2v) is 3.75. The van der Waals surface area contributed by atoms with Crippen molar-refractivity contribution >= 4 is 17.0 Å². The van der Waals surface area contributed by atoms with Crippen LogP contribution in [0.5, 0.6) is 0 Å². The first-order chi connectivity index (χ1) is 6.47. The lowest BCUT2D eigenvalue weighted by Crippen LogP contribution is -2.17. The van der Waals surface area contributed by atoms with E-state index in [1.165, 1.54) is 0 Å². The molecular weight excluding hydrogens is 180 g/mol. The van der Waals surface area contributed by atoms with Gasteiger partial charge in [-0.3, -0.25) is 0 Å². The predicted molar refractivity (Wildman–Crippen MR) is 53.5 cm³/mol. The zero-order valence-electron chi connectivity index (χ0n) is 8.07. The topological polar surface area (TPSA) is 87.8 Å². The van der Waals surface area contributed by atoms with E-state index in [0.717, 1.165) is 5.52 Å². The highest BCUT2D eigenvalue weighted by Crippen LogP contribution is 2.19. The average molecular weight is 192 g/mol. The van der Waals surface area contributed by atoms with Crippen LogP contribution in [0.3, 0.4) is 0 Å². The molecule has 0 saturated heterocycles. The fourth-order valence-electron chi connectivity index (χ4n) is 1.20. The van der Waals surface area contributed by atoms with Gasteiger partial charge in [0.05, 0.1) is 5.52 Å². The van der Waals surface area contributed by atoms with E-state index < -0.39 is 5.60 Å². The molecule has 0 atom stereocenters. The zero-order chi connectivity index (χ0) is 10.3. The van der Waals surface area contributed by atoms with Gasteiger partial charge in [-0.15, -0.1) is 0 Å². The Morgan fingerprint density at radius 1 is 1.36 bits per heavy atom. The molecule has 0 radical (unpaired) electrons. The Hall–Kier alpha value is -1.62. The molecule has 0 aliphatic carbocycles. The summed E-state index contributed by atoms with van der Waals surface area (Å²) in [4.78, 5) is 11.2. The Kier molecular flexibility index (Phi) is 1.72. The Labute approximate surface area is 81.0 Å². The minimum Gasteiger partial charge on any atom is -0.384 e. The molecule has 0 fully saturated rings. The van der Waals surface area contributed by atoms with Gasteiger partial charge in [0, 0.05) is 0 Å². The SMILES string of the molecule is CC(C)(O)c1nc2nc(N)ccc2[nH]1. The third kappa shape index (κ3) is 1.42. The number of aliphatic hydroxyl groups is 1. The van der Waals surface area contributed by atoms with Gasteiger partial charge >= 0.3 is 0 Å². The van der Waals surface area contributed by atoms with E-state index in [9.17, 15) is 5.11 Å². The average Bonchev–Trinajstić information content (AvgIpc) is 2.45. The van der Waals surface area contributed by atoms with Crippen molar-refractivity contribution in [1.29, 1.82) is 0 Å². The number of fused-ring (bicyclic) bond motifs is 1. The summed E-state index contributed by atoms with van der Waals surface area (Å²) in [5.74, 6) is 0.914. The van der Waals surface area contributed by atoms with Gasteiger partial charge in [0.1, 0.15) is 17.2 Å². The lowest BCUT2D eigenvalue weighted by molar-refractivity contribution is 0.0700. The number of nitrogens with one attached hydrogen (secondary N) is 1. The number of rotatable bonds is 1. The smallest absolute Gasteiger partial charge is 0.179 e. The summed E-state index contributed by atoms with van der Waals surface area (Å²) in [6.07, 6.45) is 0. The summed E-state index contributed by atoms with van der Waals surface area (Å²) in [6, 6.07) is 3.48. The maximum absolute atomic E-state index is 9.71. The largest absolute Gasteiger partial charge is 0.384 e. The predicted octanol–water partition coefficient (Wildman–Crippen LogP) is 0.768. The third-order valence-corrected chi connectivity index (χ3v) is 1.95. The van der Waals surface area contributed by atoms with Crippen LogP contribution in [0.15, 0.2) is 12.1 Å². The van der Waals surface area contributed by atoms with Gasteiger partial charge in [-0.2, -0.15) is 0 Å². The Balaban J connectivity index is 2.63. The van der Waals surface area contributed by atoms with Crippen LogP contribution in [0.1, 0.15) is 19.7 Å². The number of anilines is 1. The summed E-state index contributed by atoms with van der Waals surface area (Å²) < 4.78 is 0. The number of nitrogens with zero attached hydrogens (tertiary/aromatic N) is 2. The van der Waals surface area contributed by atoms with Gasteiger partial charge in [-0.1, -0.05) is 0 Å². The standard InChI is InChI=1S/C9H12N4O/c1-9(2,14)8-11-5-3-4-6(10)12-7(5)13-8/h3-4,14H,1-2H3,(H3,10,11,12,13). The summed E-state index contributed by atoms with van der Waals surface area (Å²) in [6.45, 7) is 3.32. The maximum Gasteiger partial charge on any atom is 0.179 e. The number of imidazole rings is 1. The first-order valence-corrected chi connectivity index (χ1v) is 4.32. The van der Waals surface area contributed by atoms with Crippen molar-refractivity contribution in [3.8, 4) is 0 Å². The van der Waals surface area contributed by atoms with E-state index in [1.54, 1.807) is 26.0 Å². The molecule has 0 unspecified atom stereocenters. The fourth-order valence-corrected chi connectivity index (χ4v) is 1.20. The molecule has 2 heterocycles. The van der Waals surface area contributed by atoms with Gasteiger partial charge in [0.15, 0.2) is 5.65 Å². The number of aromatic nitrogens is 3. The van der Waals surface area contributed by atoms with Crippen molar-refractivity contribution in [3.05, 3.63) is 18.0 Å². The molecular formula is C9H12N4O. The van der Waals surface area contributed by atoms with Crippen molar-refractivity contribution in [2.45, 2.75) is 19.4 Å². The van der Waals surface area contributed by atoms with Crippen molar-refractivity contribution in [1.82, 2.24) is 15.0 Å². The molecule has 2 aromatic heterocycles. The minimum atomic E-state index is -0.991. The highest BCUT2D eigenvalue weighted by atomic mass is 16.3. The van der Waals surface area contributed by atoms with Crippen LogP contribution in [0.2, 0.25) is 0 Å². The van der Waals surface area contributed by atoms with Crippen LogP contribution in [0.4, 0.5) is 5.82 Å². The summed E-state index contributed by atoms with van der Waals surface area (Å²) in [7, 11) is 0. The second kappa shape index (κ2) is 2.68. The Morgan fingerprint density at radius 2 is 2.07 bits per heavy atom. The molecule has 0 aliphatic heterocycles. The fraction of sp³-hybridized carbons (Fsp3) is 0.333. The number of nitrogens with two attached hydrogens (primary N) is 1. The first-order valence-electron chi connectivity index (χ1n) is 4.32. The normalized spacial score (nSPS) is 12.2. The molecule has 0 saturated carbocycles. The number of aromatic amines is 1. The van der Waals surface area contributed by atoms with E-state index in [-0.39, 0.29) is 0 Å². The van der Waals surface area contributed by atoms with Crippen LogP contribution in [-0.2, 0) is 5.60 Å². The molecule has 2 aromatic rings. The van der Waals surface area contributed by atoms with Crippen molar-refractivity contribution in [3.63, 3.8) is 0 Å². The van der Waals surface area contributed by atoms with Gasteiger partial charge in [-0.25, -0.2) is 9.97 Å². The number of pyridine rings is 1. The van der Waals surface area contributed by atoms with Gasteiger partial charge in [0.2, 0.25) is 0 Å².